The number of halogens is 2. The molecule has 0 fully saturated rings. The van der Waals surface area contributed by atoms with Crippen molar-refractivity contribution in [3.05, 3.63) is 134 Å². The minimum absolute atomic E-state index is 0.247. The van der Waals surface area contributed by atoms with Crippen LogP contribution in [0.3, 0.4) is 0 Å². The lowest BCUT2D eigenvalue weighted by atomic mass is 9.94. The Labute approximate surface area is 298 Å². The number of aromatic nitrogens is 3. The number of carbonyl (C=O) groups is 1. The second-order valence-electron chi connectivity index (χ2n) is 11.4. The van der Waals surface area contributed by atoms with Crippen LogP contribution in [0.4, 0.5) is 11.6 Å². The van der Waals surface area contributed by atoms with Gasteiger partial charge >= 0.3 is 0 Å². The molecule has 0 aliphatic carbocycles. The van der Waals surface area contributed by atoms with E-state index in [1.807, 2.05) is 93.6 Å². The van der Waals surface area contributed by atoms with E-state index in [0.717, 1.165) is 34.4 Å². The van der Waals surface area contributed by atoms with Gasteiger partial charge in [-0.2, -0.15) is 4.98 Å². The molecule has 11 heteroatoms. The zero-order valence-corrected chi connectivity index (χ0v) is 30.2. The molecule has 0 spiro atoms. The molecule has 1 aliphatic rings. The second-order valence-corrected chi connectivity index (χ2v) is 13.6. The van der Waals surface area contributed by atoms with Crippen molar-refractivity contribution in [3.8, 4) is 11.5 Å². The van der Waals surface area contributed by atoms with Gasteiger partial charge in [-0.3, -0.25) is 4.79 Å². The number of carbonyl (C=O) groups excluding carboxylic acids is 1. The SMILES string of the molecule is COc1cc(C2C(C(=O)Nc3cccc(C)c3C)=C(C)Nc3nc(SCc4ccccc4Cl)nn32)cc(Br)c1OCCc1ccccc1. The number of hydrogen-bond donors (Lipinski definition) is 2. The molecule has 5 aromatic rings. The molecule has 0 bridgehead atoms. The summed E-state index contributed by atoms with van der Waals surface area (Å²) in [4.78, 5) is 19.0. The predicted molar refractivity (Wildman–Crippen MR) is 196 cm³/mol. The summed E-state index contributed by atoms with van der Waals surface area (Å²) in [5.41, 5.74) is 6.96. The molecule has 1 atom stereocenters. The standard InChI is InChI=1S/C37H35BrClN5O3S/c1-22-11-10-16-30(23(22)2)41-35(45)32-24(3)40-36-42-37(48-21-26-14-8-9-15-29(26)39)43-44(36)33(32)27-19-28(38)34(31(20-27)46-4)47-18-17-25-12-6-5-7-13-25/h5-16,19-20,33H,17-18,21H2,1-4H3,(H,41,45)(H,40,42,43). The number of nitrogens with zero attached hydrogens (tertiary/aromatic N) is 3. The van der Waals surface area contributed by atoms with Crippen molar-refractivity contribution in [1.82, 2.24) is 14.8 Å². The lowest BCUT2D eigenvalue weighted by molar-refractivity contribution is -0.113. The number of fused-ring (bicyclic) bond motifs is 1. The molecule has 0 saturated heterocycles. The number of amides is 1. The van der Waals surface area contributed by atoms with E-state index >= 15 is 0 Å². The third kappa shape index (κ3) is 7.26. The Morgan fingerprint density at radius 2 is 1.81 bits per heavy atom. The zero-order chi connectivity index (χ0) is 33.8. The fourth-order valence-corrected chi connectivity index (χ4v) is 7.27. The summed E-state index contributed by atoms with van der Waals surface area (Å²) in [7, 11) is 1.61. The van der Waals surface area contributed by atoms with Crippen molar-refractivity contribution in [1.29, 1.82) is 0 Å². The first-order chi connectivity index (χ1) is 23.2. The summed E-state index contributed by atoms with van der Waals surface area (Å²) in [5.74, 6) is 1.99. The molecule has 2 N–H and O–H groups in total. The normalized spacial score (nSPS) is 13.9. The second kappa shape index (κ2) is 14.9. The minimum Gasteiger partial charge on any atom is -0.493 e. The van der Waals surface area contributed by atoms with Gasteiger partial charge in [-0.25, -0.2) is 4.68 Å². The van der Waals surface area contributed by atoms with Crippen molar-refractivity contribution < 1.29 is 14.3 Å². The van der Waals surface area contributed by atoms with Gasteiger partial charge in [-0.15, -0.1) is 5.10 Å². The van der Waals surface area contributed by atoms with Gasteiger partial charge in [0.15, 0.2) is 11.5 Å². The van der Waals surface area contributed by atoms with Gasteiger partial charge in [0.1, 0.15) is 6.04 Å². The highest BCUT2D eigenvalue weighted by Crippen LogP contribution is 2.43. The first kappa shape index (κ1) is 33.6. The molecule has 2 heterocycles. The van der Waals surface area contributed by atoms with Crippen molar-refractivity contribution in [2.75, 3.05) is 24.4 Å². The van der Waals surface area contributed by atoms with E-state index < -0.39 is 6.04 Å². The molecule has 8 nitrogen and oxygen atoms in total. The highest BCUT2D eigenvalue weighted by atomic mass is 79.9. The first-order valence-corrected chi connectivity index (χ1v) is 17.6. The number of benzene rings is 4. The number of methoxy groups -OCH3 is 1. The van der Waals surface area contributed by atoms with Crippen molar-refractivity contribution in [2.45, 2.75) is 44.1 Å². The van der Waals surface area contributed by atoms with Crippen LogP contribution in [0.25, 0.3) is 0 Å². The van der Waals surface area contributed by atoms with Crippen LogP contribution in [0.2, 0.25) is 5.02 Å². The maximum atomic E-state index is 14.2. The number of anilines is 2. The number of nitrogens with one attached hydrogen (secondary N) is 2. The summed E-state index contributed by atoms with van der Waals surface area (Å²) in [6.07, 6.45) is 0.744. The lowest BCUT2D eigenvalue weighted by Crippen LogP contribution is -2.31. The van der Waals surface area contributed by atoms with E-state index in [4.69, 9.17) is 31.2 Å². The van der Waals surface area contributed by atoms with Crippen LogP contribution < -0.4 is 20.1 Å². The van der Waals surface area contributed by atoms with E-state index in [1.54, 1.807) is 11.8 Å². The predicted octanol–water partition coefficient (Wildman–Crippen LogP) is 9.16. The van der Waals surface area contributed by atoms with Gasteiger partial charge in [0.05, 0.1) is 23.8 Å². The fraction of sp³-hybridized carbons (Fsp3) is 0.216. The molecule has 246 valence electrons. The Morgan fingerprint density at radius 3 is 2.58 bits per heavy atom. The van der Waals surface area contributed by atoms with Crippen molar-refractivity contribution >= 4 is 56.8 Å². The lowest BCUT2D eigenvalue weighted by Gasteiger charge is -2.29. The summed E-state index contributed by atoms with van der Waals surface area (Å²) in [5, 5.41) is 12.6. The van der Waals surface area contributed by atoms with Crippen LogP contribution in [-0.4, -0.2) is 34.4 Å². The number of allylic oxidation sites excluding steroid dienone is 1. The van der Waals surface area contributed by atoms with Gasteiger partial charge < -0.3 is 20.1 Å². The molecule has 6 rings (SSSR count). The summed E-state index contributed by atoms with van der Waals surface area (Å²) in [6, 6.07) is 27.0. The van der Waals surface area contributed by atoms with Gasteiger partial charge in [0.25, 0.3) is 5.91 Å². The summed E-state index contributed by atoms with van der Waals surface area (Å²) in [6.45, 7) is 6.37. The number of aryl methyl sites for hydroxylation is 1. The third-order valence-electron chi connectivity index (χ3n) is 8.29. The molecule has 1 unspecified atom stereocenters. The minimum atomic E-state index is -0.628. The van der Waals surface area contributed by atoms with E-state index in [2.05, 4.69) is 38.7 Å². The number of hydrogen-bond acceptors (Lipinski definition) is 7. The number of rotatable bonds is 11. The largest absolute Gasteiger partial charge is 0.493 e. The van der Waals surface area contributed by atoms with E-state index in [1.165, 1.54) is 17.3 Å². The molecule has 0 saturated carbocycles. The highest BCUT2D eigenvalue weighted by Gasteiger charge is 2.35. The molecule has 1 amide bonds. The fourth-order valence-electron chi connectivity index (χ4n) is 5.58. The molecule has 48 heavy (non-hydrogen) atoms. The Kier molecular flexibility index (Phi) is 10.4. The quantitative estimate of drug-likeness (QED) is 0.130. The molecule has 1 aromatic heterocycles. The van der Waals surface area contributed by atoms with E-state index in [-0.39, 0.29) is 5.91 Å². The Bertz CT molecular complexity index is 2000. The van der Waals surface area contributed by atoms with Crippen LogP contribution in [0.5, 0.6) is 11.5 Å². The third-order valence-corrected chi connectivity index (χ3v) is 10.1. The number of thioether (sulfide) groups is 1. The van der Waals surface area contributed by atoms with Crippen molar-refractivity contribution in [3.63, 3.8) is 0 Å². The smallest absolute Gasteiger partial charge is 0.255 e. The molecular formula is C37H35BrClN5O3S. The van der Waals surface area contributed by atoms with Gasteiger partial charge in [-0.05, 0) is 88.8 Å². The maximum absolute atomic E-state index is 14.2. The van der Waals surface area contributed by atoms with Crippen LogP contribution >= 0.6 is 39.3 Å². The summed E-state index contributed by atoms with van der Waals surface area (Å²) < 4.78 is 14.5. The zero-order valence-electron chi connectivity index (χ0n) is 27.0. The molecular weight excluding hydrogens is 710 g/mol. The molecule has 0 radical (unpaired) electrons. The number of ether oxygens (including phenoxy) is 2. The summed E-state index contributed by atoms with van der Waals surface area (Å²) >= 11 is 11.6. The Hall–Kier alpha value is -4.25. The molecule has 4 aromatic carbocycles. The first-order valence-electron chi connectivity index (χ1n) is 15.5. The van der Waals surface area contributed by atoms with Crippen molar-refractivity contribution in [2.24, 2.45) is 0 Å². The van der Waals surface area contributed by atoms with Gasteiger partial charge in [0, 0.05) is 28.6 Å². The van der Waals surface area contributed by atoms with Crippen LogP contribution in [0, 0.1) is 13.8 Å². The van der Waals surface area contributed by atoms with E-state index in [0.29, 0.717) is 55.7 Å². The Morgan fingerprint density at radius 1 is 1.04 bits per heavy atom. The molecule has 1 aliphatic heterocycles. The average molecular weight is 745 g/mol. The van der Waals surface area contributed by atoms with Gasteiger partial charge in [0.2, 0.25) is 11.1 Å². The van der Waals surface area contributed by atoms with Crippen LogP contribution in [0.15, 0.2) is 106 Å². The van der Waals surface area contributed by atoms with Crippen LogP contribution in [-0.2, 0) is 17.0 Å². The monoisotopic (exact) mass is 743 g/mol. The topological polar surface area (TPSA) is 90.3 Å². The van der Waals surface area contributed by atoms with Crippen LogP contribution in [0.1, 0.15) is 40.8 Å². The Balaban J connectivity index is 1.36. The van der Waals surface area contributed by atoms with Gasteiger partial charge in [-0.1, -0.05) is 84.0 Å². The average Bonchev–Trinajstić information content (AvgIpc) is 3.49. The maximum Gasteiger partial charge on any atom is 0.255 e. The highest BCUT2D eigenvalue weighted by molar-refractivity contribution is 9.10. The van der Waals surface area contributed by atoms with E-state index in [9.17, 15) is 4.79 Å².